The van der Waals surface area contributed by atoms with Gasteiger partial charge in [-0.15, -0.1) is 4.91 Å². The van der Waals surface area contributed by atoms with Gasteiger partial charge in [-0.05, 0) is 24.1 Å². The van der Waals surface area contributed by atoms with E-state index in [1.54, 1.807) is 21.3 Å². The maximum absolute atomic E-state index is 12.7. The molecule has 1 aliphatic rings. The molecule has 0 N–H and O–H groups in total. The maximum atomic E-state index is 12.7. The Bertz CT molecular complexity index is 1090. The topological polar surface area (TPSA) is 105 Å². The minimum Gasteiger partial charge on any atom is -0.493 e. The summed E-state index contributed by atoms with van der Waals surface area (Å²) in [4.78, 5) is 35.5. The number of aromatic nitrogens is 1. The molecule has 0 saturated heterocycles. The van der Waals surface area contributed by atoms with E-state index >= 15 is 0 Å². The van der Waals surface area contributed by atoms with E-state index in [1.165, 1.54) is 12.3 Å². The molecule has 2 aromatic rings. The van der Waals surface area contributed by atoms with Crippen molar-refractivity contribution < 1.29 is 23.7 Å². The smallest absolute Gasteiger partial charge is 0.322 e. The van der Waals surface area contributed by atoms with Crippen molar-refractivity contribution in [3.05, 3.63) is 50.7 Å². The van der Waals surface area contributed by atoms with Crippen molar-refractivity contribution in [3.63, 3.8) is 0 Å². The standard InChI is InChI=1S/C24H30N2O7/c1-24(2,14-31-4)22-10-15-9-21(33-8-6-7-30-3)20(32-5)11-16(15)18-12-19(27)17(13-26(18)22)23(28)25-29/h9,11-13,22H,6-8,10,14H2,1-5H3/t22-/m0/s1. The maximum Gasteiger partial charge on any atom is 0.322 e. The fourth-order valence-corrected chi connectivity index (χ4v) is 4.33. The third kappa shape index (κ3) is 4.99. The van der Waals surface area contributed by atoms with Crippen molar-refractivity contribution in [2.24, 2.45) is 10.6 Å². The average molecular weight is 459 g/mol. The molecule has 9 nitrogen and oxygen atoms in total. The summed E-state index contributed by atoms with van der Waals surface area (Å²) in [5.41, 5.74) is 1.25. The fourth-order valence-electron chi connectivity index (χ4n) is 4.33. The van der Waals surface area contributed by atoms with Gasteiger partial charge >= 0.3 is 5.91 Å². The second-order valence-electron chi connectivity index (χ2n) is 8.74. The number of methoxy groups -OCH3 is 3. The molecule has 178 valence electrons. The second-order valence-corrected chi connectivity index (χ2v) is 8.74. The fraction of sp³-hybridized carbons (Fsp3) is 0.500. The van der Waals surface area contributed by atoms with Crippen LogP contribution in [-0.4, -0.2) is 51.6 Å². The lowest BCUT2D eigenvalue weighted by Gasteiger charge is -2.40. The number of fused-ring (bicyclic) bond motifs is 3. The van der Waals surface area contributed by atoms with Crippen molar-refractivity contribution in [2.75, 3.05) is 41.2 Å². The van der Waals surface area contributed by atoms with Crippen LogP contribution in [0.4, 0.5) is 0 Å². The van der Waals surface area contributed by atoms with Crippen molar-refractivity contribution in [3.8, 4) is 22.8 Å². The monoisotopic (exact) mass is 458 g/mol. The number of benzene rings is 1. The van der Waals surface area contributed by atoms with Crippen LogP contribution in [0.25, 0.3) is 11.3 Å². The number of hydrogen-bond donors (Lipinski definition) is 0. The summed E-state index contributed by atoms with van der Waals surface area (Å²) in [7, 11) is 4.83. The molecule has 1 aromatic carbocycles. The molecule has 1 aliphatic heterocycles. The molecule has 2 heterocycles. The molecule has 0 unspecified atom stereocenters. The third-order valence-corrected chi connectivity index (χ3v) is 5.98. The van der Waals surface area contributed by atoms with Gasteiger partial charge in [0.25, 0.3) is 0 Å². The summed E-state index contributed by atoms with van der Waals surface area (Å²) < 4.78 is 23.9. The highest BCUT2D eigenvalue weighted by Gasteiger charge is 2.37. The van der Waals surface area contributed by atoms with Crippen molar-refractivity contribution >= 4 is 5.91 Å². The molecule has 0 radical (unpaired) electrons. The first-order valence-electron chi connectivity index (χ1n) is 10.7. The van der Waals surface area contributed by atoms with Gasteiger partial charge in [-0.1, -0.05) is 13.8 Å². The Balaban J connectivity index is 2.17. The Hall–Kier alpha value is -3.04. The normalized spacial score (nSPS) is 14.9. The highest BCUT2D eigenvalue weighted by molar-refractivity contribution is 5.94. The van der Waals surface area contributed by atoms with E-state index in [9.17, 15) is 14.5 Å². The molecule has 0 fully saturated rings. The first-order valence-corrected chi connectivity index (χ1v) is 10.7. The summed E-state index contributed by atoms with van der Waals surface area (Å²) in [5, 5.41) is 2.44. The number of amides is 1. The zero-order valence-corrected chi connectivity index (χ0v) is 19.7. The van der Waals surface area contributed by atoms with Crippen LogP contribution in [0, 0.1) is 10.3 Å². The molecule has 0 saturated carbocycles. The third-order valence-electron chi connectivity index (χ3n) is 5.98. The molecule has 1 amide bonds. The number of carbonyl (C=O) groups excluding carboxylic acids is 1. The molecule has 33 heavy (non-hydrogen) atoms. The largest absolute Gasteiger partial charge is 0.493 e. The molecule has 3 rings (SSSR count). The van der Waals surface area contributed by atoms with Crippen LogP contribution in [0.5, 0.6) is 11.5 Å². The Morgan fingerprint density at radius 1 is 1.12 bits per heavy atom. The van der Waals surface area contributed by atoms with Crippen LogP contribution >= 0.6 is 0 Å². The predicted molar refractivity (Wildman–Crippen MR) is 123 cm³/mol. The molecule has 9 heteroatoms. The van der Waals surface area contributed by atoms with Crippen LogP contribution < -0.4 is 14.9 Å². The van der Waals surface area contributed by atoms with E-state index in [0.717, 1.165) is 17.5 Å². The Morgan fingerprint density at radius 3 is 2.52 bits per heavy atom. The van der Waals surface area contributed by atoms with Crippen LogP contribution in [-0.2, 0) is 15.9 Å². The Kier molecular flexibility index (Phi) is 7.65. The summed E-state index contributed by atoms with van der Waals surface area (Å²) in [6.45, 7) is 5.62. The van der Waals surface area contributed by atoms with Gasteiger partial charge in [0.15, 0.2) is 16.9 Å². The summed E-state index contributed by atoms with van der Waals surface area (Å²) >= 11 is 0. The highest BCUT2D eigenvalue weighted by Crippen LogP contribution is 2.46. The van der Waals surface area contributed by atoms with Gasteiger partial charge in [0.1, 0.15) is 5.56 Å². The first kappa shape index (κ1) is 24.6. The molecule has 1 aromatic heterocycles. The van der Waals surface area contributed by atoms with Crippen molar-refractivity contribution in [1.29, 1.82) is 0 Å². The van der Waals surface area contributed by atoms with Crippen LogP contribution in [0.3, 0.4) is 0 Å². The summed E-state index contributed by atoms with van der Waals surface area (Å²) in [6, 6.07) is 5.00. The van der Waals surface area contributed by atoms with E-state index in [4.69, 9.17) is 18.9 Å². The van der Waals surface area contributed by atoms with Gasteiger partial charge in [0.2, 0.25) is 0 Å². The number of hydrogen-bond acceptors (Lipinski definition) is 7. The first-order chi connectivity index (χ1) is 15.8. The minimum atomic E-state index is -1.08. The minimum absolute atomic E-state index is 0.159. The average Bonchev–Trinajstić information content (AvgIpc) is 2.79. The molecular formula is C24H30N2O7. The number of pyridine rings is 1. The van der Waals surface area contributed by atoms with Gasteiger partial charge in [-0.2, -0.15) is 0 Å². The quantitative estimate of drug-likeness (QED) is 0.395. The zero-order chi connectivity index (χ0) is 24.2. The van der Waals surface area contributed by atoms with Gasteiger partial charge in [0.05, 0.1) is 26.0 Å². The molecular weight excluding hydrogens is 428 g/mol. The van der Waals surface area contributed by atoms with E-state index < -0.39 is 11.3 Å². The lowest BCUT2D eigenvalue weighted by Crippen LogP contribution is -2.37. The number of nitroso groups, excluding NO2 is 1. The number of ether oxygens (including phenoxy) is 4. The van der Waals surface area contributed by atoms with Crippen LogP contribution in [0.15, 0.2) is 34.4 Å². The lowest BCUT2D eigenvalue weighted by molar-refractivity contribution is 0.0623. The van der Waals surface area contributed by atoms with Gasteiger partial charge in [-0.3, -0.25) is 9.59 Å². The van der Waals surface area contributed by atoms with Crippen molar-refractivity contribution in [1.82, 2.24) is 4.57 Å². The number of carbonyl (C=O) groups is 1. The van der Waals surface area contributed by atoms with E-state index in [1.807, 2.05) is 16.7 Å². The highest BCUT2D eigenvalue weighted by atomic mass is 16.5. The van der Waals surface area contributed by atoms with E-state index in [0.29, 0.717) is 43.4 Å². The lowest BCUT2D eigenvalue weighted by atomic mass is 9.77. The summed E-state index contributed by atoms with van der Waals surface area (Å²) in [5.74, 6) is 0.0691. The van der Waals surface area contributed by atoms with Gasteiger partial charge in [-0.25, -0.2) is 0 Å². The Morgan fingerprint density at radius 2 is 1.88 bits per heavy atom. The number of rotatable bonds is 10. The van der Waals surface area contributed by atoms with Crippen LogP contribution in [0.2, 0.25) is 0 Å². The Labute approximate surface area is 192 Å². The predicted octanol–water partition coefficient (Wildman–Crippen LogP) is 3.62. The molecule has 1 atom stereocenters. The van der Waals surface area contributed by atoms with Crippen molar-refractivity contribution in [2.45, 2.75) is 32.7 Å². The van der Waals surface area contributed by atoms with Crippen LogP contribution in [0.1, 0.15) is 42.2 Å². The summed E-state index contributed by atoms with van der Waals surface area (Å²) in [6.07, 6.45) is 2.77. The molecule has 0 spiro atoms. The SMILES string of the molecule is COCCCOc1cc2c(cc1OC)-c1cc(=O)c(C(=O)N=O)cn1[C@H](C(C)(C)COC)C2. The van der Waals surface area contributed by atoms with E-state index in [-0.39, 0.29) is 17.0 Å². The number of nitrogens with zero attached hydrogens (tertiary/aromatic N) is 2. The molecule has 0 bridgehead atoms. The zero-order valence-electron chi connectivity index (χ0n) is 19.7. The van der Waals surface area contributed by atoms with Gasteiger partial charge in [0, 0.05) is 61.7 Å². The molecule has 0 aliphatic carbocycles. The van der Waals surface area contributed by atoms with Gasteiger partial charge < -0.3 is 23.5 Å². The van der Waals surface area contributed by atoms with E-state index in [2.05, 4.69) is 19.0 Å². The second kappa shape index (κ2) is 10.3.